The molecule has 1 fully saturated rings. The van der Waals surface area contributed by atoms with E-state index in [1.54, 1.807) is 29.5 Å². The number of benzene rings is 1. The lowest BCUT2D eigenvalue weighted by Crippen LogP contribution is -2.47. The summed E-state index contributed by atoms with van der Waals surface area (Å²) in [6.45, 7) is 3.97. The van der Waals surface area contributed by atoms with Gasteiger partial charge in [0, 0.05) is 37.6 Å². The van der Waals surface area contributed by atoms with E-state index in [4.69, 9.17) is 9.84 Å². The molecule has 2 N–H and O–H groups in total. The highest BCUT2D eigenvalue weighted by Gasteiger charge is 2.31. The molecule has 0 radical (unpaired) electrons. The molecule has 1 aromatic carbocycles. The van der Waals surface area contributed by atoms with Crippen LogP contribution in [0.2, 0.25) is 0 Å². The van der Waals surface area contributed by atoms with Gasteiger partial charge in [0.25, 0.3) is 11.5 Å². The van der Waals surface area contributed by atoms with Crippen LogP contribution in [0.5, 0.6) is 5.75 Å². The maximum absolute atomic E-state index is 13.9. The van der Waals surface area contributed by atoms with Gasteiger partial charge in [-0.1, -0.05) is 6.92 Å². The molecule has 0 saturated carbocycles. The van der Waals surface area contributed by atoms with Crippen molar-refractivity contribution in [1.82, 2.24) is 19.4 Å². The fourth-order valence-electron chi connectivity index (χ4n) is 5.03. The van der Waals surface area contributed by atoms with Crippen molar-refractivity contribution in [2.75, 3.05) is 26.3 Å². The number of nitrogens with zero attached hydrogens (tertiary/aromatic N) is 3. The molecule has 1 aliphatic rings. The highest BCUT2D eigenvalue weighted by Crippen LogP contribution is 2.33. The largest absolute Gasteiger partial charge is 0.491 e. The number of hydrogen-bond donors (Lipinski definition) is 2. The summed E-state index contributed by atoms with van der Waals surface area (Å²) in [6.07, 6.45) is -3.08. The summed E-state index contributed by atoms with van der Waals surface area (Å²) >= 11 is 0. The number of aryl methyl sites for hydroxylation is 2. The average molecular weight is 549 g/mol. The Morgan fingerprint density at radius 3 is 2.31 bits per heavy atom. The molecule has 0 aliphatic carbocycles. The van der Waals surface area contributed by atoms with Crippen LogP contribution in [0.1, 0.15) is 48.4 Å². The Kier molecular flexibility index (Phi) is 8.05. The second-order valence-corrected chi connectivity index (χ2v) is 9.39. The van der Waals surface area contributed by atoms with Crippen LogP contribution in [-0.4, -0.2) is 63.3 Å². The van der Waals surface area contributed by atoms with Crippen molar-refractivity contribution < 1.29 is 32.6 Å². The topological polar surface area (TPSA) is 106 Å². The summed E-state index contributed by atoms with van der Waals surface area (Å²) in [6, 6.07) is 5.88. The predicted octanol–water partition coefficient (Wildman–Crippen LogP) is 3.02. The number of aliphatic hydroxyl groups excluding tert-OH is 1. The first-order valence-electron chi connectivity index (χ1n) is 12.8. The first-order chi connectivity index (χ1) is 18.5. The highest BCUT2D eigenvalue weighted by molar-refractivity contribution is 6.04. The Bertz CT molecular complexity index is 1440. The number of pyridine rings is 1. The monoisotopic (exact) mass is 548 g/mol. The number of piperidine rings is 1. The molecule has 9 nitrogen and oxygen atoms in total. The van der Waals surface area contributed by atoms with Crippen molar-refractivity contribution in [2.45, 2.75) is 45.3 Å². The molecule has 2 amide bonds. The number of alkyl halides is 3. The van der Waals surface area contributed by atoms with E-state index in [2.05, 4.69) is 5.32 Å². The molecule has 0 unspecified atom stereocenters. The molecule has 3 heterocycles. The third-order valence-corrected chi connectivity index (χ3v) is 7.04. The zero-order valence-corrected chi connectivity index (χ0v) is 22.0. The van der Waals surface area contributed by atoms with Crippen molar-refractivity contribution in [3.05, 3.63) is 57.6 Å². The second-order valence-electron chi connectivity index (χ2n) is 9.39. The average Bonchev–Trinajstić information content (AvgIpc) is 3.19. The van der Waals surface area contributed by atoms with Crippen LogP contribution in [0.25, 0.3) is 16.6 Å². The van der Waals surface area contributed by atoms with Crippen molar-refractivity contribution in [3.8, 4) is 11.4 Å². The third kappa shape index (κ3) is 5.38. The van der Waals surface area contributed by atoms with E-state index in [-0.39, 0.29) is 41.1 Å². The zero-order valence-electron chi connectivity index (χ0n) is 22.0. The van der Waals surface area contributed by atoms with E-state index in [0.29, 0.717) is 43.6 Å². The Labute approximate surface area is 222 Å². The van der Waals surface area contributed by atoms with E-state index in [0.717, 1.165) is 12.1 Å². The molecule has 0 bridgehead atoms. The molecular weight excluding hydrogens is 517 g/mol. The summed E-state index contributed by atoms with van der Waals surface area (Å²) < 4.78 is 48.1. The lowest BCUT2D eigenvalue weighted by atomic mass is 10.0. The van der Waals surface area contributed by atoms with E-state index in [1.165, 1.54) is 16.7 Å². The number of likely N-dealkylation sites (tertiary alicyclic amines) is 1. The van der Waals surface area contributed by atoms with Gasteiger partial charge >= 0.3 is 6.18 Å². The molecule has 3 aromatic rings. The number of aromatic nitrogens is 2. The number of halogens is 3. The zero-order chi connectivity index (χ0) is 28.5. The Hall–Kier alpha value is -3.80. The maximum atomic E-state index is 13.9. The fourth-order valence-corrected chi connectivity index (χ4v) is 5.03. The molecule has 2 aromatic heterocycles. The number of hydrogen-bond acceptors (Lipinski definition) is 5. The summed E-state index contributed by atoms with van der Waals surface area (Å²) in [5.41, 5.74) is 0.135. The number of ether oxygens (including phenoxy) is 1. The first-order valence-corrected chi connectivity index (χ1v) is 12.8. The first kappa shape index (κ1) is 28.2. The molecule has 210 valence electrons. The van der Waals surface area contributed by atoms with Crippen molar-refractivity contribution in [1.29, 1.82) is 0 Å². The van der Waals surface area contributed by atoms with Crippen LogP contribution in [-0.2, 0) is 24.4 Å². The lowest BCUT2D eigenvalue weighted by Gasteiger charge is -2.32. The third-order valence-electron chi connectivity index (χ3n) is 7.04. The Morgan fingerprint density at radius 1 is 1.13 bits per heavy atom. The molecule has 0 spiro atoms. The number of carbonyl (C=O) groups excluding carboxylic acids is 2. The van der Waals surface area contributed by atoms with Crippen LogP contribution in [0.3, 0.4) is 0 Å². The molecule has 39 heavy (non-hydrogen) atoms. The van der Waals surface area contributed by atoms with Gasteiger partial charge in [0.1, 0.15) is 12.0 Å². The highest BCUT2D eigenvalue weighted by atomic mass is 19.4. The molecular formula is C27H31F3N4O5. The van der Waals surface area contributed by atoms with Gasteiger partial charge in [0.2, 0.25) is 5.91 Å². The molecule has 4 rings (SSSR count). The number of carbonyl (C=O) groups is 2. The van der Waals surface area contributed by atoms with Gasteiger partial charge in [0.05, 0.1) is 17.7 Å². The molecule has 0 atom stereocenters. The smallest absolute Gasteiger partial charge is 0.416 e. The lowest BCUT2D eigenvalue weighted by molar-refractivity contribution is -0.137. The van der Waals surface area contributed by atoms with Gasteiger partial charge in [-0.15, -0.1) is 0 Å². The predicted molar refractivity (Wildman–Crippen MR) is 138 cm³/mol. The molecule has 1 saturated heterocycles. The van der Waals surface area contributed by atoms with Gasteiger partial charge in [-0.05, 0) is 56.5 Å². The Balaban J connectivity index is 1.76. The van der Waals surface area contributed by atoms with Crippen molar-refractivity contribution in [2.24, 2.45) is 7.05 Å². The van der Waals surface area contributed by atoms with E-state index in [9.17, 15) is 27.6 Å². The van der Waals surface area contributed by atoms with E-state index >= 15 is 0 Å². The minimum atomic E-state index is -4.50. The number of amides is 2. The number of aliphatic hydroxyl groups is 1. The summed E-state index contributed by atoms with van der Waals surface area (Å²) in [4.78, 5) is 40.6. The quantitative estimate of drug-likeness (QED) is 0.472. The summed E-state index contributed by atoms with van der Waals surface area (Å²) in [5, 5.41) is 12.2. The van der Waals surface area contributed by atoms with Crippen molar-refractivity contribution >= 4 is 22.7 Å². The van der Waals surface area contributed by atoms with E-state index < -0.39 is 29.8 Å². The van der Waals surface area contributed by atoms with Gasteiger partial charge in [-0.25, -0.2) is 0 Å². The molecule has 12 heteroatoms. The van der Waals surface area contributed by atoms with Gasteiger partial charge in [-0.3, -0.25) is 19.0 Å². The maximum Gasteiger partial charge on any atom is 0.416 e. The van der Waals surface area contributed by atoms with Crippen LogP contribution >= 0.6 is 0 Å². The fraction of sp³-hybridized carbons (Fsp3) is 0.444. The van der Waals surface area contributed by atoms with Crippen LogP contribution in [0, 0.1) is 0 Å². The van der Waals surface area contributed by atoms with Crippen LogP contribution in [0.4, 0.5) is 13.2 Å². The minimum Gasteiger partial charge on any atom is -0.491 e. The molecule has 1 aliphatic heterocycles. The SMILES string of the molecule is CCOc1c(C(=O)NC2CCN(C(=O)CO)CC2)n(C)c2cc(CC)n(-c3ccc(C(F)(F)F)cc3)c(=O)c12. The summed E-state index contributed by atoms with van der Waals surface area (Å²) in [7, 11) is 1.66. The van der Waals surface area contributed by atoms with Gasteiger partial charge < -0.3 is 24.6 Å². The van der Waals surface area contributed by atoms with Crippen LogP contribution < -0.4 is 15.6 Å². The standard InChI is InChI=1S/C27H31F3N4O5/c1-4-18-14-20-22(26(38)34(18)19-8-6-16(7-9-19)27(28,29)30)24(39-5-2)23(32(20)3)25(37)31-17-10-12-33(13-11-17)21(36)15-35/h6-9,14,17,35H,4-5,10-13,15H2,1-3H3,(H,31,37). The van der Waals surface area contributed by atoms with Crippen LogP contribution in [0.15, 0.2) is 35.1 Å². The number of rotatable bonds is 7. The van der Waals surface area contributed by atoms with Gasteiger partial charge in [0.15, 0.2) is 11.4 Å². The Morgan fingerprint density at radius 2 is 1.77 bits per heavy atom. The van der Waals surface area contributed by atoms with Gasteiger partial charge in [-0.2, -0.15) is 13.2 Å². The normalized spacial score (nSPS) is 14.6. The summed E-state index contributed by atoms with van der Waals surface area (Å²) in [5.74, 6) is -0.695. The minimum absolute atomic E-state index is 0.105. The second kappa shape index (κ2) is 11.1. The number of fused-ring (bicyclic) bond motifs is 1. The number of nitrogens with one attached hydrogen (secondary N) is 1. The van der Waals surface area contributed by atoms with E-state index in [1.807, 2.05) is 6.92 Å². The van der Waals surface area contributed by atoms with Crippen molar-refractivity contribution in [3.63, 3.8) is 0 Å².